The minimum absolute atomic E-state index is 0.000736. The lowest BCUT2D eigenvalue weighted by atomic mass is 9.77. The molecule has 3 aliphatic rings. The molecule has 148 valence electrons. The molecule has 4 heterocycles. The van der Waals surface area contributed by atoms with E-state index >= 15 is 0 Å². The van der Waals surface area contributed by atoms with E-state index in [0.29, 0.717) is 23.4 Å². The van der Waals surface area contributed by atoms with Crippen molar-refractivity contribution in [2.45, 2.75) is 24.4 Å². The molecule has 29 heavy (non-hydrogen) atoms. The molecule has 7 nitrogen and oxygen atoms in total. The normalized spacial score (nSPS) is 25.1. The molecule has 0 bridgehead atoms. The van der Waals surface area contributed by atoms with Gasteiger partial charge in [0.2, 0.25) is 5.91 Å². The number of hydrogen-bond acceptors (Lipinski definition) is 5. The summed E-state index contributed by atoms with van der Waals surface area (Å²) in [4.78, 5) is 27.7. The molecule has 7 heteroatoms. The summed E-state index contributed by atoms with van der Waals surface area (Å²) in [6, 6.07) is 11.5. The van der Waals surface area contributed by atoms with Gasteiger partial charge in [-0.15, -0.1) is 0 Å². The summed E-state index contributed by atoms with van der Waals surface area (Å²) in [6.45, 7) is 1.53. The molecule has 1 spiro atoms. The topological polar surface area (TPSA) is 73.9 Å². The van der Waals surface area contributed by atoms with Crippen LogP contribution in [0.3, 0.4) is 0 Å². The van der Waals surface area contributed by atoms with Crippen molar-refractivity contribution in [1.82, 2.24) is 4.57 Å². The van der Waals surface area contributed by atoms with E-state index in [9.17, 15) is 9.59 Å². The quantitative estimate of drug-likeness (QED) is 0.669. The van der Waals surface area contributed by atoms with Crippen LogP contribution in [0, 0.1) is 0 Å². The van der Waals surface area contributed by atoms with Crippen LogP contribution < -0.4 is 15.4 Å². The Labute approximate surface area is 166 Å². The van der Waals surface area contributed by atoms with Crippen molar-refractivity contribution in [2.75, 3.05) is 24.7 Å². The molecule has 1 amide bonds. The lowest BCUT2D eigenvalue weighted by Gasteiger charge is -2.24. The summed E-state index contributed by atoms with van der Waals surface area (Å²) in [5, 5.41) is 0. The van der Waals surface area contributed by atoms with Gasteiger partial charge >= 0.3 is 5.76 Å². The Bertz CT molecular complexity index is 1220. The van der Waals surface area contributed by atoms with Crippen LogP contribution >= 0.6 is 0 Å². The number of hydrogen-bond donors (Lipinski definition) is 0. The second kappa shape index (κ2) is 5.73. The molecule has 1 unspecified atom stereocenters. The average molecular weight is 392 g/mol. The zero-order valence-corrected chi connectivity index (χ0v) is 16.0. The molecule has 2 atom stereocenters. The van der Waals surface area contributed by atoms with Gasteiger partial charge in [-0.05, 0) is 30.5 Å². The van der Waals surface area contributed by atoms with Crippen LogP contribution in [-0.2, 0) is 22.0 Å². The predicted molar refractivity (Wildman–Crippen MR) is 105 cm³/mol. The van der Waals surface area contributed by atoms with Crippen molar-refractivity contribution in [3.8, 4) is 5.75 Å². The molecular weight excluding hydrogens is 372 g/mol. The third kappa shape index (κ3) is 2.11. The first-order valence-electron chi connectivity index (χ1n) is 9.89. The van der Waals surface area contributed by atoms with Gasteiger partial charge in [0.25, 0.3) is 0 Å². The highest BCUT2D eigenvalue weighted by atomic mass is 16.5. The van der Waals surface area contributed by atoms with E-state index < -0.39 is 11.2 Å². The van der Waals surface area contributed by atoms with Crippen molar-refractivity contribution >= 4 is 22.7 Å². The van der Waals surface area contributed by atoms with Crippen LogP contribution in [0.2, 0.25) is 0 Å². The second-order valence-electron chi connectivity index (χ2n) is 8.01. The Morgan fingerprint density at radius 1 is 1.17 bits per heavy atom. The van der Waals surface area contributed by atoms with Gasteiger partial charge < -0.3 is 18.8 Å². The molecule has 3 aromatic rings. The number of anilines is 1. The zero-order valence-electron chi connectivity index (χ0n) is 16.0. The molecule has 1 aromatic heterocycles. The van der Waals surface area contributed by atoms with Gasteiger partial charge in [0.15, 0.2) is 5.58 Å². The molecule has 1 saturated heterocycles. The van der Waals surface area contributed by atoms with E-state index in [1.54, 1.807) is 13.1 Å². The van der Waals surface area contributed by atoms with Gasteiger partial charge in [-0.1, -0.05) is 18.2 Å². The largest absolute Gasteiger partial charge is 0.491 e. The number of benzene rings is 2. The van der Waals surface area contributed by atoms with Crippen molar-refractivity contribution in [3.05, 3.63) is 58.1 Å². The Hall–Kier alpha value is -3.06. The van der Waals surface area contributed by atoms with Gasteiger partial charge in [-0.3, -0.25) is 9.36 Å². The fourth-order valence-electron chi connectivity index (χ4n) is 4.97. The molecular formula is C22H20N2O5. The highest BCUT2D eigenvalue weighted by Crippen LogP contribution is 2.53. The number of carbonyl (C=O) groups is 1. The number of amides is 1. The number of fused-ring (bicyclic) bond motifs is 5. The summed E-state index contributed by atoms with van der Waals surface area (Å²) >= 11 is 0. The maximum Gasteiger partial charge on any atom is 0.419 e. The first kappa shape index (κ1) is 16.9. The minimum atomic E-state index is -0.911. The van der Waals surface area contributed by atoms with E-state index in [1.165, 1.54) is 4.57 Å². The number of rotatable bonds is 2. The predicted octanol–water partition coefficient (Wildman–Crippen LogP) is 2.34. The van der Waals surface area contributed by atoms with Crippen LogP contribution in [0.25, 0.3) is 11.1 Å². The van der Waals surface area contributed by atoms with Crippen molar-refractivity contribution < 1.29 is 18.7 Å². The van der Waals surface area contributed by atoms with E-state index in [1.807, 2.05) is 35.2 Å². The monoisotopic (exact) mass is 392 g/mol. The number of aromatic nitrogens is 1. The van der Waals surface area contributed by atoms with Gasteiger partial charge in [-0.2, -0.15) is 0 Å². The maximum atomic E-state index is 13.9. The van der Waals surface area contributed by atoms with E-state index in [0.717, 1.165) is 36.3 Å². The summed E-state index contributed by atoms with van der Waals surface area (Å²) in [5.74, 6) is 0.158. The molecule has 6 rings (SSSR count). The molecule has 0 aliphatic carbocycles. The highest BCUT2D eigenvalue weighted by molar-refractivity contribution is 6.12. The number of ether oxygens (including phenoxy) is 2. The third-order valence-electron chi connectivity index (χ3n) is 6.47. The second-order valence-corrected chi connectivity index (χ2v) is 8.01. The molecule has 1 fully saturated rings. The number of aryl methyl sites for hydroxylation is 1. The Kier molecular flexibility index (Phi) is 3.33. The molecule has 3 aliphatic heterocycles. The first-order chi connectivity index (χ1) is 14.1. The summed E-state index contributed by atoms with van der Waals surface area (Å²) in [5.41, 5.74) is 2.84. The standard InChI is InChI=1S/C22H20N2O5/c1-23-17-9-15-18(10-19(17)29-21(23)26)28-12-22(15)14-6-2-3-7-16(14)24(20(22)25)11-13-5-4-8-27-13/h2-3,6-7,9-10,13H,4-5,8,11-12H2,1H3/t13-,22?/m1/s1. The Morgan fingerprint density at radius 3 is 2.86 bits per heavy atom. The lowest BCUT2D eigenvalue weighted by Crippen LogP contribution is -2.44. The molecule has 0 N–H and O–H groups in total. The van der Waals surface area contributed by atoms with Gasteiger partial charge in [0.1, 0.15) is 17.8 Å². The molecule has 0 saturated carbocycles. The first-order valence-corrected chi connectivity index (χ1v) is 9.89. The van der Waals surface area contributed by atoms with Crippen molar-refractivity contribution in [3.63, 3.8) is 0 Å². The van der Waals surface area contributed by atoms with E-state index in [-0.39, 0.29) is 18.6 Å². The van der Waals surface area contributed by atoms with Crippen molar-refractivity contribution in [1.29, 1.82) is 0 Å². The van der Waals surface area contributed by atoms with E-state index in [4.69, 9.17) is 13.9 Å². The van der Waals surface area contributed by atoms with Gasteiger partial charge in [0, 0.05) is 31.0 Å². The smallest absolute Gasteiger partial charge is 0.419 e. The number of nitrogens with zero attached hydrogens (tertiary/aromatic N) is 2. The molecule has 2 aromatic carbocycles. The van der Waals surface area contributed by atoms with Crippen molar-refractivity contribution in [2.24, 2.45) is 7.05 Å². The number of carbonyl (C=O) groups excluding carboxylic acids is 1. The van der Waals surface area contributed by atoms with Crippen LogP contribution in [0.4, 0.5) is 5.69 Å². The Balaban J connectivity index is 1.54. The van der Waals surface area contributed by atoms with Gasteiger partial charge in [-0.25, -0.2) is 4.79 Å². The fraction of sp³-hybridized carbons (Fsp3) is 0.364. The van der Waals surface area contributed by atoms with E-state index in [2.05, 4.69) is 0 Å². The number of oxazole rings is 1. The summed E-state index contributed by atoms with van der Waals surface area (Å²) < 4.78 is 18.5. The van der Waals surface area contributed by atoms with Crippen LogP contribution in [0.5, 0.6) is 5.75 Å². The third-order valence-corrected chi connectivity index (χ3v) is 6.47. The average Bonchev–Trinajstić information content (AvgIpc) is 3.47. The summed E-state index contributed by atoms with van der Waals surface area (Å²) in [6.07, 6.45) is 2.04. The highest BCUT2D eigenvalue weighted by Gasteiger charge is 2.57. The minimum Gasteiger partial charge on any atom is -0.491 e. The SMILES string of the molecule is Cn1c(=O)oc2cc3c(cc21)C1(CO3)C(=O)N(C[C@H]2CCCO2)c2ccccc21. The summed E-state index contributed by atoms with van der Waals surface area (Å²) in [7, 11) is 1.66. The lowest BCUT2D eigenvalue weighted by molar-refractivity contribution is -0.122. The van der Waals surface area contributed by atoms with Crippen LogP contribution in [0.1, 0.15) is 24.0 Å². The van der Waals surface area contributed by atoms with Crippen LogP contribution in [0.15, 0.2) is 45.6 Å². The zero-order chi connectivity index (χ0) is 19.8. The number of para-hydroxylation sites is 1. The molecule has 0 radical (unpaired) electrons. The van der Waals surface area contributed by atoms with Crippen LogP contribution in [-0.4, -0.2) is 36.3 Å². The Morgan fingerprint density at radius 2 is 2.03 bits per heavy atom. The maximum absolute atomic E-state index is 13.9. The van der Waals surface area contributed by atoms with Gasteiger partial charge in [0.05, 0.1) is 18.2 Å². The fourth-order valence-corrected chi connectivity index (χ4v) is 4.97.